The van der Waals surface area contributed by atoms with Crippen molar-refractivity contribution < 1.29 is 24.0 Å². The van der Waals surface area contributed by atoms with Gasteiger partial charge in [0.2, 0.25) is 5.91 Å². The van der Waals surface area contributed by atoms with E-state index in [-0.39, 0.29) is 37.1 Å². The van der Waals surface area contributed by atoms with E-state index in [0.29, 0.717) is 19.4 Å². The van der Waals surface area contributed by atoms with Crippen molar-refractivity contribution in [2.75, 3.05) is 13.2 Å². The molecule has 0 bridgehead atoms. The van der Waals surface area contributed by atoms with Crippen LogP contribution in [-0.4, -0.2) is 59.3 Å². The summed E-state index contributed by atoms with van der Waals surface area (Å²) in [6.45, 7) is 10.4. The molecule has 3 amide bonds. The lowest BCUT2D eigenvalue weighted by Gasteiger charge is -2.41. The van der Waals surface area contributed by atoms with Gasteiger partial charge in [-0.05, 0) is 62.0 Å². The van der Waals surface area contributed by atoms with Gasteiger partial charge in [-0.3, -0.25) is 14.4 Å². The van der Waals surface area contributed by atoms with Crippen molar-refractivity contribution >= 4 is 35.1 Å². The number of nitrogens with two attached hydrogens (primary N) is 1. The highest BCUT2D eigenvalue weighted by atomic mass is 32.1. The van der Waals surface area contributed by atoms with E-state index < -0.39 is 30.2 Å². The van der Waals surface area contributed by atoms with Gasteiger partial charge in [-0.15, -0.1) is 11.3 Å². The quantitative estimate of drug-likeness (QED) is 0.367. The number of nitrogens with one attached hydrogen (secondary N) is 1. The lowest BCUT2D eigenvalue weighted by atomic mass is 10.1. The second-order valence-corrected chi connectivity index (χ2v) is 11.3. The monoisotopic (exact) mass is 536 g/mol. The van der Waals surface area contributed by atoms with E-state index in [9.17, 15) is 14.4 Å². The summed E-state index contributed by atoms with van der Waals surface area (Å²) >= 11 is 1.57. The minimum atomic E-state index is -1.01. The summed E-state index contributed by atoms with van der Waals surface area (Å²) in [4.78, 5) is 47.1. The summed E-state index contributed by atoms with van der Waals surface area (Å²) in [5.41, 5.74) is 8.50. The first-order chi connectivity index (χ1) is 17.6. The fourth-order valence-corrected chi connectivity index (χ4v) is 4.53. The highest BCUT2D eigenvalue weighted by molar-refractivity contribution is 7.10. The molecule has 0 saturated carbocycles. The van der Waals surface area contributed by atoms with Gasteiger partial charge in [-0.1, -0.05) is 39.8 Å². The molecular weight excluding hydrogens is 492 g/mol. The molecular formula is C27H44N4O5S. The Morgan fingerprint density at radius 2 is 1.97 bits per heavy atom. The van der Waals surface area contributed by atoms with Crippen molar-refractivity contribution in [3.8, 4) is 0 Å². The van der Waals surface area contributed by atoms with E-state index in [1.54, 1.807) is 18.3 Å². The van der Waals surface area contributed by atoms with Crippen molar-refractivity contribution in [3.63, 3.8) is 0 Å². The van der Waals surface area contributed by atoms with Crippen LogP contribution in [0.4, 0.5) is 0 Å². The smallest absolute Gasteiger partial charge is 0.268 e. The first kappa shape index (κ1) is 31.0. The van der Waals surface area contributed by atoms with E-state index in [1.807, 2.05) is 57.4 Å². The second-order valence-electron chi connectivity index (χ2n) is 10.3. The summed E-state index contributed by atoms with van der Waals surface area (Å²) in [6, 6.07) is 2.06. The standard InChI is InChI=1S/C27H44N4O5S/c1-19(2)14-15-24(32)31(30(18-20(3)4)27(34)21(5)28)23(12-8-10-22-11-9-17-37-22)26(33)29-36-25-13-6-7-16-35-25/h8-11,17,19-21,23,25H,6-7,12-16,18,28H2,1-5H3,(H,29,33)/t21-,23?,25?/m1/s1. The molecule has 2 rings (SSSR count). The molecule has 2 heterocycles. The first-order valence-electron chi connectivity index (χ1n) is 13.3. The Labute approximate surface area is 225 Å². The average molecular weight is 537 g/mol. The lowest BCUT2D eigenvalue weighted by molar-refractivity contribution is -0.206. The molecule has 1 aromatic heterocycles. The summed E-state index contributed by atoms with van der Waals surface area (Å²) in [5, 5.41) is 4.64. The average Bonchev–Trinajstić information content (AvgIpc) is 3.38. The number of rotatable bonds is 13. The molecule has 1 aromatic rings. The number of hydroxylamine groups is 1. The van der Waals surface area contributed by atoms with Gasteiger partial charge in [0.15, 0.2) is 6.29 Å². The zero-order valence-electron chi connectivity index (χ0n) is 22.9. The number of hydrogen-bond acceptors (Lipinski definition) is 7. The fourth-order valence-electron chi connectivity index (χ4n) is 3.88. The van der Waals surface area contributed by atoms with Crippen LogP contribution in [0.2, 0.25) is 0 Å². The summed E-state index contributed by atoms with van der Waals surface area (Å²) < 4.78 is 5.57. The van der Waals surface area contributed by atoms with Crippen molar-refractivity contribution in [2.45, 2.75) is 91.5 Å². The maximum absolute atomic E-state index is 13.7. The Kier molecular flexibility index (Phi) is 13.3. The Bertz CT molecular complexity index is 866. The molecule has 1 saturated heterocycles. The minimum absolute atomic E-state index is 0.0420. The number of amides is 3. The van der Waals surface area contributed by atoms with Gasteiger partial charge in [-0.25, -0.2) is 20.3 Å². The molecule has 1 aliphatic rings. The number of carbonyl (C=O) groups excluding carboxylic acids is 3. The summed E-state index contributed by atoms with van der Waals surface area (Å²) in [5.74, 6) is -0.911. The topological polar surface area (TPSA) is 114 Å². The van der Waals surface area contributed by atoms with Gasteiger partial charge in [0.1, 0.15) is 6.04 Å². The van der Waals surface area contributed by atoms with Crippen LogP contribution in [0.25, 0.3) is 6.08 Å². The zero-order valence-corrected chi connectivity index (χ0v) is 23.7. The van der Waals surface area contributed by atoms with Crippen LogP contribution in [0, 0.1) is 11.8 Å². The Balaban J connectivity index is 2.40. The number of thiophene rings is 1. The van der Waals surface area contributed by atoms with Gasteiger partial charge in [0, 0.05) is 30.9 Å². The summed E-state index contributed by atoms with van der Waals surface area (Å²) in [7, 11) is 0. The molecule has 2 unspecified atom stereocenters. The molecule has 0 radical (unpaired) electrons. The van der Waals surface area contributed by atoms with Crippen molar-refractivity contribution in [1.29, 1.82) is 0 Å². The molecule has 9 nitrogen and oxygen atoms in total. The third-order valence-corrected chi connectivity index (χ3v) is 6.68. The van der Waals surface area contributed by atoms with Crippen LogP contribution in [0.1, 0.15) is 78.0 Å². The Hall–Kier alpha value is -2.27. The Morgan fingerprint density at radius 1 is 1.22 bits per heavy atom. The molecule has 37 heavy (non-hydrogen) atoms. The highest BCUT2D eigenvalue weighted by Crippen LogP contribution is 2.20. The second kappa shape index (κ2) is 15.9. The van der Waals surface area contributed by atoms with E-state index in [0.717, 1.165) is 17.7 Å². The van der Waals surface area contributed by atoms with E-state index in [2.05, 4.69) is 5.48 Å². The molecule has 208 valence electrons. The van der Waals surface area contributed by atoms with Gasteiger partial charge < -0.3 is 10.5 Å². The van der Waals surface area contributed by atoms with Gasteiger partial charge in [0.05, 0.1) is 6.04 Å². The Morgan fingerprint density at radius 3 is 2.54 bits per heavy atom. The van der Waals surface area contributed by atoms with Crippen LogP contribution in [0.5, 0.6) is 0 Å². The lowest BCUT2D eigenvalue weighted by Crippen LogP contribution is -2.62. The van der Waals surface area contributed by atoms with Crippen LogP contribution < -0.4 is 11.2 Å². The number of ether oxygens (including phenoxy) is 1. The molecule has 10 heteroatoms. The molecule has 0 aliphatic carbocycles. The van der Waals surface area contributed by atoms with Gasteiger partial charge >= 0.3 is 0 Å². The maximum Gasteiger partial charge on any atom is 0.268 e. The normalized spacial score (nSPS) is 17.7. The number of hydrazine groups is 1. The predicted molar refractivity (Wildman–Crippen MR) is 146 cm³/mol. The fraction of sp³-hybridized carbons (Fsp3) is 0.667. The third kappa shape index (κ3) is 10.6. The van der Waals surface area contributed by atoms with Crippen LogP contribution >= 0.6 is 11.3 Å². The van der Waals surface area contributed by atoms with Crippen LogP contribution in [-0.2, 0) is 24.0 Å². The van der Waals surface area contributed by atoms with Gasteiger partial charge in [0.25, 0.3) is 11.8 Å². The largest absolute Gasteiger partial charge is 0.350 e. The van der Waals surface area contributed by atoms with Crippen LogP contribution in [0.3, 0.4) is 0 Å². The van der Waals surface area contributed by atoms with E-state index >= 15 is 0 Å². The molecule has 1 aliphatic heterocycles. The molecule has 3 atom stereocenters. The zero-order chi connectivity index (χ0) is 27.4. The van der Waals surface area contributed by atoms with E-state index in [1.165, 1.54) is 10.0 Å². The van der Waals surface area contributed by atoms with Crippen molar-refractivity contribution in [2.24, 2.45) is 17.6 Å². The number of carbonyl (C=O) groups is 3. The molecule has 0 spiro atoms. The van der Waals surface area contributed by atoms with Crippen molar-refractivity contribution in [1.82, 2.24) is 15.5 Å². The van der Waals surface area contributed by atoms with Crippen LogP contribution in [0.15, 0.2) is 23.6 Å². The first-order valence-corrected chi connectivity index (χ1v) is 14.1. The predicted octanol–water partition coefficient (Wildman–Crippen LogP) is 4.11. The molecule has 3 N–H and O–H groups in total. The molecule has 1 fully saturated rings. The SMILES string of the molecule is CC(C)CCC(=O)N(C(CC=Cc1cccs1)C(=O)NOC1CCCCO1)N(CC(C)C)C(=O)[C@@H](C)N. The number of nitrogens with zero attached hydrogens (tertiary/aromatic N) is 2. The minimum Gasteiger partial charge on any atom is -0.350 e. The van der Waals surface area contributed by atoms with E-state index in [4.69, 9.17) is 15.3 Å². The number of hydrogen-bond donors (Lipinski definition) is 2. The summed E-state index contributed by atoms with van der Waals surface area (Å²) in [6.07, 6.45) is 6.79. The van der Waals surface area contributed by atoms with Gasteiger partial charge in [-0.2, -0.15) is 0 Å². The third-order valence-electron chi connectivity index (χ3n) is 5.84. The molecule has 0 aromatic carbocycles. The van der Waals surface area contributed by atoms with Crippen molar-refractivity contribution in [3.05, 3.63) is 28.5 Å². The maximum atomic E-state index is 13.7. The highest BCUT2D eigenvalue weighted by Gasteiger charge is 2.37.